The van der Waals surface area contributed by atoms with Gasteiger partial charge in [-0.3, -0.25) is 9.05 Å². The van der Waals surface area contributed by atoms with E-state index in [0.717, 1.165) is 5.56 Å². The third kappa shape index (κ3) is 11.0. The number of benzene rings is 1. The van der Waals surface area contributed by atoms with Gasteiger partial charge in [0.05, 0.1) is 21.1 Å². The van der Waals surface area contributed by atoms with E-state index in [4.69, 9.17) is 18.5 Å². The van der Waals surface area contributed by atoms with Crippen molar-refractivity contribution in [2.45, 2.75) is 13.0 Å². The largest absolute Gasteiger partial charge is 0.491 e. The number of carbonyl (C=O) groups excluding carboxylic acids is 1. The van der Waals surface area contributed by atoms with E-state index in [-0.39, 0.29) is 25.4 Å². The Bertz CT molecular complexity index is 740. The predicted molar refractivity (Wildman–Crippen MR) is 111 cm³/mol. The third-order valence-corrected chi connectivity index (χ3v) is 4.67. The SMILES string of the molecule is C=Cc1ccc(OCC(COC(=O)C(=C)C)OP(=O)(O)OCC[N+](C)(C)C)cc1. The molecule has 9 heteroatoms. The standard InChI is InChI=1S/C20H30NO7P/c1-7-17-8-10-18(11-9-17)25-14-19(15-26-20(22)16(2)3)28-29(23,24)27-13-12-21(4,5)6/h7-11,19H,1-2,12-15H2,3-6H3/p+1. The fraction of sp³-hybridized carbons (Fsp3) is 0.450. The van der Waals surface area contributed by atoms with Gasteiger partial charge in [0.25, 0.3) is 0 Å². The lowest BCUT2D eigenvalue weighted by Gasteiger charge is -2.25. The van der Waals surface area contributed by atoms with Crippen LogP contribution in [0.4, 0.5) is 0 Å². The first-order chi connectivity index (χ1) is 13.4. The van der Waals surface area contributed by atoms with Crippen molar-refractivity contribution in [1.82, 2.24) is 0 Å². The molecule has 0 aliphatic carbocycles. The van der Waals surface area contributed by atoms with E-state index in [1.54, 1.807) is 18.2 Å². The number of quaternary nitrogens is 1. The molecule has 29 heavy (non-hydrogen) atoms. The average molecular weight is 428 g/mol. The molecule has 8 nitrogen and oxygen atoms in total. The lowest BCUT2D eigenvalue weighted by molar-refractivity contribution is -0.870. The number of esters is 1. The first-order valence-corrected chi connectivity index (χ1v) is 10.6. The molecule has 0 saturated carbocycles. The number of ether oxygens (including phenoxy) is 2. The smallest absolute Gasteiger partial charge is 0.472 e. The minimum atomic E-state index is -4.37. The average Bonchev–Trinajstić information content (AvgIpc) is 2.62. The highest BCUT2D eigenvalue weighted by Gasteiger charge is 2.29. The van der Waals surface area contributed by atoms with E-state index >= 15 is 0 Å². The zero-order valence-electron chi connectivity index (χ0n) is 17.5. The molecule has 0 saturated heterocycles. The number of rotatable bonds is 13. The van der Waals surface area contributed by atoms with Gasteiger partial charge >= 0.3 is 13.8 Å². The molecule has 0 aliphatic heterocycles. The third-order valence-electron chi connectivity index (χ3n) is 3.60. The molecule has 0 bridgehead atoms. The highest BCUT2D eigenvalue weighted by molar-refractivity contribution is 7.47. The Kier molecular flexibility index (Phi) is 9.76. The first kappa shape index (κ1) is 25.1. The topological polar surface area (TPSA) is 91.3 Å². The normalized spacial score (nSPS) is 14.5. The second kappa shape index (κ2) is 11.3. The van der Waals surface area contributed by atoms with Gasteiger partial charge in [-0.1, -0.05) is 31.4 Å². The molecule has 0 amide bonds. The summed E-state index contributed by atoms with van der Waals surface area (Å²) in [5.74, 6) is -0.109. The van der Waals surface area contributed by atoms with Gasteiger partial charge in [0.15, 0.2) is 0 Å². The quantitative estimate of drug-likeness (QED) is 0.223. The molecule has 1 N–H and O–H groups in total. The molecule has 2 atom stereocenters. The van der Waals surface area contributed by atoms with Crippen molar-refractivity contribution < 1.29 is 37.3 Å². The molecule has 0 aliphatic rings. The minimum Gasteiger partial charge on any atom is -0.491 e. The number of phosphoric ester groups is 1. The number of hydrogen-bond acceptors (Lipinski definition) is 6. The van der Waals surface area contributed by atoms with Crippen LogP contribution in [0, 0.1) is 0 Å². The van der Waals surface area contributed by atoms with Crippen LogP contribution in [0.3, 0.4) is 0 Å². The Hall–Kier alpha value is -1.96. The summed E-state index contributed by atoms with van der Waals surface area (Å²) in [5.41, 5.74) is 1.13. The second-order valence-electron chi connectivity index (χ2n) is 7.51. The van der Waals surface area contributed by atoms with Gasteiger partial charge in [0, 0.05) is 5.57 Å². The molecule has 162 valence electrons. The monoisotopic (exact) mass is 428 g/mol. The zero-order valence-corrected chi connectivity index (χ0v) is 18.4. The number of phosphoric acid groups is 1. The number of likely N-dealkylation sites (N-methyl/N-ethyl adjacent to an activating group) is 1. The second-order valence-corrected chi connectivity index (χ2v) is 8.91. The summed E-state index contributed by atoms with van der Waals surface area (Å²) in [6.45, 7) is 8.80. The lowest BCUT2D eigenvalue weighted by atomic mass is 10.2. The van der Waals surface area contributed by atoms with Gasteiger partial charge in [0.1, 0.15) is 38.2 Å². The molecule has 0 aromatic heterocycles. The highest BCUT2D eigenvalue weighted by Crippen LogP contribution is 2.44. The molecular formula is C20H31NO7P+. The Balaban J connectivity index is 2.72. The summed E-state index contributed by atoms with van der Waals surface area (Å²) in [7, 11) is 1.42. The molecule has 0 spiro atoms. The number of carbonyl (C=O) groups is 1. The van der Waals surface area contributed by atoms with Crippen molar-refractivity contribution in [2.75, 3.05) is 47.5 Å². The Morgan fingerprint density at radius 2 is 1.86 bits per heavy atom. The van der Waals surface area contributed by atoms with Gasteiger partial charge < -0.3 is 18.9 Å². The molecule has 0 fully saturated rings. The summed E-state index contributed by atoms with van der Waals surface area (Å²) in [4.78, 5) is 21.6. The minimum absolute atomic E-state index is 0.0272. The van der Waals surface area contributed by atoms with Gasteiger partial charge in [0.2, 0.25) is 0 Å². The van der Waals surface area contributed by atoms with E-state index in [1.807, 2.05) is 33.3 Å². The zero-order chi connectivity index (χ0) is 22.1. The van der Waals surface area contributed by atoms with Gasteiger partial charge in [-0.2, -0.15) is 0 Å². The Morgan fingerprint density at radius 3 is 2.38 bits per heavy atom. The van der Waals surface area contributed by atoms with Crippen molar-refractivity contribution in [1.29, 1.82) is 0 Å². The van der Waals surface area contributed by atoms with Gasteiger partial charge in [-0.05, 0) is 24.6 Å². The van der Waals surface area contributed by atoms with Crippen LogP contribution >= 0.6 is 7.82 Å². The fourth-order valence-electron chi connectivity index (χ4n) is 1.94. The molecule has 1 rings (SSSR count). The van der Waals surface area contributed by atoms with Crippen molar-refractivity contribution in [3.8, 4) is 5.75 Å². The maximum atomic E-state index is 12.3. The highest BCUT2D eigenvalue weighted by atomic mass is 31.2. The predicted octanol–water partition coefficient (Wildman–Crippen LogP) is 3.04. The Morgan fingerprint density at radius 1 is 1.24 bits per heavy atom. The van der Waals surface area contributed by atoms with Crippen molar-refractivity contribution in [2.24, 2.45) is 0 Å². The molecule has 0 heterocycles. The molecule has 1 aromatic rings. The molecule has 0 radical (unpaired) electrons. The fourth-order valence-corrected chi connectivity index (χ4v) is 2.81. The van der Waals surface area contributed by atoms with Crippen LogP contribution in [0.5, 0.6) is 5.75 Å². The van der Waals surface area contributed by atoms with Crippen LogP contribution in [0.2, 0.25) is 0 Å². The summed E-state index contributed by atoms with van der Waals surface area (Å²) in [5, 5.41) is 0. The summed E-state index contributed by atoms with van der Waals surface area (Å²) in [6, 6.07) is 7.07. The van der Waals surface area contributed by atoms with Crippen LogP contribution in [-0.2, 0) is 23.1 Å². The Labute approximate surface area is 172 Å². The molecule has 2 unspecified atom stereocenters. The summed E-state index contributed by atoms with van der Waals surface area (Å²) >= 11 is 0. The maximum absolute atomic E-state index is 12.3. The van der Waals surface area contributed by atoms with E-state index in [0.29, 0.717) is 16.8 Å². The van der Waals surface area contributed by atoms with Crippen LogP contribution < -0.4 is 4.74 Å². The van der Waals surface area contributed by atoms with Crippen LogP contribution in [0.15, 0.2) is 43.0 Å². The van der Waals surface area contributed by atoms with Crippen molar-refractivity contribution in [3.63, 3.8) is 0 Å². The van der Waals surface area contributed by atoms with Crippen LogP contribution in [0.1, 0.15) is 12.5 Å². The van der Waals surface area contributed by atoms with E-state index in [1.165, 1.54) is 6.92 Å². The van der Waals surface area contributed by atoms with E-state index in [2.05, 4.69) is 13.2 Å². The molecule has 1 aromatic carbocycles. The van der Waals surface area contributed by atoms with E-state index in [9.17, 15) is 14.3 Å². The van der Waals surface area contributed by atoms with Crippen LogP contribution in [-0.4, -0.2) is 69.0 Å². The van der Waals surface area contributed by atoms with Crippen LogP contribution in [0.25, 0.3) is 6.08 Å². The number of hydrogen-bond donors (Lipinski definition) is 1. The first-order valence-electron chi connectivity index (χ1n) is 9.06. The van der Waals surface area contributed by atoms with Crippen molar-refractivity contribution >= 4 is 19.9 Å². The van der Waals surface area contributed by atoms with Crippen molar-refractivity contribution in [3.05, 3.63) is 48.6 Å². The summed E-state index contributed by atoms with van der Waals surface area (Å²) < 4.78 is 33.7. The van der Waals surface area contributed by atoms with E-state index < -0.39 is 19.9 Å². The van der Waals surface area contributed by atoms with Gasteiger partial charge in [-0.15, -0.1) is 0 Å². The maximum Gasteiger partial charge on any atom is 0.472 e. The van der Waals surface area contributed by atoms with Gasteiger partial charge in [-0.25, -0.2) is 9.36 Å². The molecular weight excluding hydrogens is 397 g/mol. The number of nitrogens with zero attached hydrogens (tertiary/aromatic N) is 1. The lowest BCUT2D eigenvalue weighted by Crippen LogP contribution is -2.37. The summed E-state index contributed by atoms with van der Waals surface area (Å²) in [6.07, 6.45) is 0.681.